The molecular formula is C18H18N6O3S. The van der Waals surface area contributed by atoms with Crippen LogP contribution >= 0.6 is 0 Å². The number of anilines is 1. The number of aromatic nitrogens is 4. The predicted molar refractivity (Wildman–Crippen MR) is 101 cm³/mol. The molecule has 3 aliphatic heterocycles. The van der Waals surface area contributed by atoms with Crippen molar-refractivity contribution in [3.63, 3.8) is 0 Å². The Morgan fingerprint density at radius 3 is 2.46 bits per heavy atom. The lowest BCUT2D eigenvalue weighted by Gasteiger charge is -2.55. The van der Waals surface area contributed by atoms with Crippen LogP contribution in [-0.4, -0.2) is 63.5 Å². The van der Waals surface area contributed by atoms with Crippen LogP contribution in [-0.2, 0) is 10.0 Å². The van der Waals surface area contributed by atoms with Gasteiger partial charge in [0.1, 0.15) is 12.1 Å². The number of hydrogen-bond acceptors (Lipinski definition) is 7. The van der Waals surface area contributed by atoms with E-state index in [1.807, 2.05) is 12.1 Å². The first-order chi connectivity index (χ1) is 13.4. The molecule has 2 atom stereocenters. The topological polar surface area (TPSA) is 101 Å². The number of ketones is 1. The third-order valence-corrected chi connectivity index (χ3v) is 7.45. The molecule has 6 rings (SSSR count). The van der Waals surface area contributed by atoms with Gasteiger partial charge in [-0.05, 0) is 37.6 Å². The number of sulfonamides is 1. The maximum atomic E-state index is 13.1. The summed E-state index contributed by atoms with van der Waals surface area (Å²) in [5.74, 6) is 0.697. The molecule has 2 bridgehead atoms. The molecule has 0 spiro atoms. The van der Waals surface area contributed by atoms with E-state index in [0.717, 1.165) is 12.2 Å². The van der Waals surface area contributed by atoms with Crippen LogP contribution in [0.2, 0.25) is 0 Å². The number of benzene rings is 1. The molecule has 3 aliphatic rings. The molecule has 3 aromatic rings. The lowest BCUT2D eigenvalue weighted by atomic mass is 9.91. The molecule has 0 radical (unpaired) electrons. The average molecular weight is 398 g/mol. The Morgan fingerprint density at radius 2 is 1.79 bits per heavy atom. The van der Waals surface area contributed by atoms with Gasteiger partial charge in [-0.15, -0.1) is 15.3 Å². The van der Waals surface area contributed by atoms with Gasteiger partial charge in [0.25, 0.3) is 0 Å². The van der Waals surface area contributed by atoms with Crippen LogP contribution in [0, 0.1) is 0 Å². The zero-order valence-corrected chi connectivity index (χ0v) is 16.0. The molecular weight excluding hydrogens is 380 g/mol. The van der Waals surface area contributed by atoms with Gasteiger partial charge in [-0.2, -0.15) is 8.82 Å². The standard InChI is InChI=1S/C18H18N6O3S/c1-12(25)13-2-4-16(5-3-13)28(26,27)24-14-8-15(24)10-22(9-14)18-7-6-17-20-19-11-23(17)21-18/h2-7,11,14-15H,8-10H2,1H3. The Labute approximate surface area is 161 Å². The Morgan fingerprint density at radius 1 is 1.07 bits per heavy atom. The first kappa shape index (κ1) is 17.3. The van der Waals surface area contributed by atoms with Crippen molar-refractivity contribution in [2.75, 3.05) is 18.0 Å². The molecule has 5 heterocycles. The van der Waals surface area contributed by atoms with E-state index in [-0.39, 0.29) is 22.8 Å². The number of hydrogen-bond donors (Lipinski definition) is 0. The minimum atomic E-state index is -3.59. The summed E-state index contributed by atoms with van der Waals surface area (Å²) in [6.07, 6.45) is 2.39. The van der Waals surface area contributed by atoms with Crippen molar-refractivity contribution < 1.29 is 13.2 Å². The fraction of sp³-hybridized carbons (Fsp3) is 0.333. The van der Waals surface area contributed by atoms with Crippen LogP contribution < -0.4 is 4.90 Å². The highest BCUT2D eigenvalue weighted by atomic mass is 32.2. The molecule has 0 saturated carbocycles. The molecule has 28 heavy (non-hydrogen) atoms. The van der Waals surface area contributed by atoms with Crippen LogP contribution in [0.15, 0.2) is 47.6 Å². The zero-order chi connectivity index (χ0) is 19.5. The number of piperidine rings is 1. The third kappa shape index (κ3) is 2.60. The van der Waals surface area contributed by atoms with Crippen molar-refractivity contribution in [2.45, 2.75) is 30.3 Å². The molecule has 0 aliphatic carbocycles. The molecule has 3 fully saturated rings. The van der Waals surface area contributed by atoms with Crippen molar-refractivity contribution in [1.29, 1.82) is 0 Å². The van der Waals surface area contributed by atoms with E-state index in [1.165, 1.54) is 19.1 Å². The summed E-state index contributed by atoms with van der Waals surface area (Å²) in [5.41, 5.74) is 1.17. The molecule has 0 N–H and O–H groups in total. The molecule has 9 nitrogen and oxygen atoms in total. The Bertz CT molecular complexity index is 1160. The van der Waals surface area contributed by atoms with Crippen molar-refractivity contribution in [3.05, 3.63) is 48.3 Å². The lowest BCUT2D eigenvalue weighted by Crippen LogP contribution is -2.70. The normalized spacial score (nSPS) is 22.2. The van der Waals surface area contributed by atoms with Gasteiger partial charge in [-0.25, -0.2) is 8.42 Å². The summed E-state index contributed by atoms with van der Waals surface area (Å²) in [6.45, 7) is 2.63. The van der Waals surface area contributed by atoms with E-state index >= 15 is 0 Å². The monoisotopic (exact) mass is 398 g/mol. The zero-order valence-electron chi connectivity index (χ0n) is 15.1. The maximum absolute atomic E-state index is 13.1. The largest absolute Gasteiger partial charge is 0.352 e. The molecule has 10 heteroatoms. The first-order valence-corrected chi connectivity index (χ1v) is 10.4. The second-order valence-corrected chi connectivity index (χ2v) is 9.03. The fourth-order valence-electron chi connectivity index (χ4n) is 4.03. The Hall–Kier alpha value is -2.85. The third-order valence-electron chi connectivity index (χ3n) is 5.43. The smallest absolute Gasteiger partial charge is 0.243 e. The summed E-state index contributed by atoms with van der Waals surface area (Å²) in [7, 11) is -3.59. The van der Waals surface area contributed by atoms with Crippen LogP contribution in [0.3, 0.4) is 0 Å². The lowest BCUT2D eigenvalue weighted by molar-refractivity contribution is 0.0873. The van der Waals surface area contributed by atoms with Gasteiger partial charge in [0.2, 0.25) is 10.0 Å². The quantitative estimate of drug-likeness (QED) is 0.604. The van der Waals surface area contributed by atoms with Gasteiger partial charge in [0.05, 0.1) is 4.90 Å². The summed E-state index contributed by atoms with van der Waals surface area (Å²) in [5, 5.41) is 12.3. The number of Topliss-reactive ketones (excluding diaryl/α,β-unsaturated/α-hetero) is 1. The van der Waals surface area contributed by atoms with Crippen molar-refractivity contribution in [2.24, 2.45) is 0 Å². The second kappa shape index (κ2) is 6.08. The minimum Gasteiger partial charge on any atom is -0.352 e. The number of piperazine rings is 1. The minimum absolute atomic E-state index is 0.0852. The van der Waals surface area contributed by atoms with Gasteiger partial charge >= 0.3 is 0 Å². The molecule has 3 saturated heterocycles. The Kier molecular flexibility index (Phi) is 3.75. The van der Waals surface area contributed by atoms with Crippen molar-refractivity contribution >= 4 is 27.3 Å². The summed E-state index contributed by atoms with van der Waals surface area (Å²) in [6, 6.07) is 9.71. The fourth-order valence-corrected chi connectivity index (χ4v) is 5.84. The predicted octanol–water partition coefficient (Wildman–Crippen LogP) is 0.979. The summed E-state index contributed by atoms with van der Waals surface area (Å²) < 4.78 is 29.4. The van der Waals surface area contributed by atoms with Crippen LogP contribution in [0.5, 0.6) is 0 Å². The molecule has 2 unspecified atom stereocenters. The number of carbonyl (C=O) groups excluding carboxylic acids is 1. The molecule has 0 amide bonds. The summed E-state index contributed by atoms with van der Waals surface area (Å²) in [4.78, 5) is 13.7. The van der Waals surface area contributed by atoms with E-state index < -0.39 is 10.0 Å². The van der Waals surface area contributed by atoms with Gasteiger partial charge < -0.3 is 4.90 Å². The van der Waals surface area contributed by atoms with Crippen molar-refractivity contribution in [1.82, 2.24) is 24.1 Å². The summed E-state index contributed by atoms with van der Waals surface area (Å²) >= 11 is 0. The first-order valence-electron chi connectivity index (χ1n) is 9.00. The van der Waals surface area contributed by atoms with Gasteiger partial charge in [0.15, 0.2) is 11.4 Å². The highest BCUT2D eigenvalue weighted by Gasteiger charge is 2.51. The number of carbonyl (C=O) groups is 1. The van der Waals surface area contributed by atoms with Gasteiger partial charge in [-0.3, -0.25) is 4.79 Å². The van der Waals surface area contributed by atoms with E-state index in [4.69, 9.17) is 0 Å². The molecule has 1 aromatic carbocycles. The van der Waals surface area contributed by atoms with E-state index in [9.17, 15) is 13.2 Å². The number of rotatable bonds is 4. The van der Waals surface area contributed by atoms with E-state index in [2.05, 4.69) is 20.2 Å². The average Bonchev–Trinajstić information content (AvgIpc) is 3.15. The van der Waals surface area contributed by atoms with Crippen LogP contribution in [0.4, 0.5) is 5.82 Å². The van der Waals surface area contributed by atoms with Gasteiger partial charge in [-0.1, -0.05) is 12.1 Å². The SMILES string of the molecule is CC(=O)c1ccc(S(=O)(=O)N2C3CC2CN(c2ccc4nncn4n2)C3)cc1. The Balaban J connectivity index is 1.37. The van der Waals surface area contributed by atoms with E-state index in [0.29, 0.717) is 24.3 Å². The second-order valence-electron chi connectivity index (χ2n) is 7.19. The van der Waals surface area contributed by atoms with Gasteiger partial charge in [0, 0.05) is 30.7 Å². The molecule has 144 valence electrons. The number of fused-ring (bicyclic) bond motifs is 3. The maximum Gasteiger partial charge on any atom is 0.243 e. The number of nitrogens with zero attached hydrogens (tertiary/aromatic N) is 6. The molecule has 2 aromatic heterocycles. The highest BCUT2D eigenvalue weighted by Crippen LogP contribution is 2.38. The van der Waals surface area contributed by atoms with Crippen LogP contribution in [0.1, 0.15) is 23.7 Å². The van der Waals surface area contributed by atoms with E-state index in [1.54, 1.807) is 27.3 Å². The van der Waals surface area contributed by atoms with Crippen LogP contribution in [0.25, 0.3) is 5.65 Å². The van der Waals surface area contributed by atoms with Crippen molar-refractivity contribution in [3.8, 4) is 0 Å². The highest BCUT2D eigenvalue weighted by molar-refractivity contribution is 7.89.